The minimum absolute atomic E-state index is 0.131. The predicted molar refractivity (Wildman–Crippen MR) is 75.0 cm³/mol. The van der Waals surface area contributed by atoms with E-state index < -0.39 is 0 Å². The van der Waals surface area contributed by atoms with Gasteiger partial charge in [-0.3, -0.25) is 4.79 Å². The van der Waals surface area contributed by atoms with Crippen molar-refractivity contribution in [2.75, 3.05) is 0 Å². The molecule has 88 valence electrons. The van der Waals surface area contributed by atoms with Crippen molar-refractivity contribution < 1.29 is 4.79 Å². The number of halogens is 1. The molecule has 3 nitrogen and oxygen atoms in total. The van der Waals surface area contributed by atoms with Gasteiger partial charge in [0.2, 0.25) is 0 Å². The highest BCUT2D eigenvalue weighted by Gasteiger charge is 2.17. The number of rotatable bonds is 5. The number of nitrogens with two attached hydrogens (primary N) is 1. The minimum Gasteiger partial charge on any atom is -0.392 e. The molecular formula is C10H13BrN2OS2. The molecular weight excluding hydrogens is 308 g/mol. The number of thiophene rings is 1. The molecule has 0 aliphatic rings. The number of hydrogen-bond acceptors (Lipinski definition) is 3. The Bertz CT molecular complexity index is 392. The molecule has 0 saturated heterocycles. The van der Waals surface area contributed by atoms with Gasteiger partial charge >= 0.3 is 0 Å². The van der Waals surface area contributed by atoms with E-state index in [1.165, 1.54) is 11.3 Å². The number of hydrogen-bond donors (Lipinski definition) is 2. The lowest BCUT2D eigenvalue weighted by Gasteiger charge is -2.16. The van der Waals surface area contributed by atoms with Gasteiger partial charge in [0.05, 0.1) is 11.0 Å². The van der Waals surface area contributed by atoms with Crippen molar-refractivity contribution in [2.45, 2.75) is 25.8 Å². The Morgan fingerprint density at radius 2 is 2.44 bits per heavy atom. The van der Waals surface area contributed by atoms with Crippen LogP contribution in [0.1, 0.15) is 29.4 Å². The molecule has 3 N–H and O–H groups in total. The van der Waals surface area contributed by atoms with Crippen LogP contribution in [0.25, 0.3) is 0 Å². The van der Waals surface area contributed by atoms with Crippen LogP contribution in [-0.2, 0) is 0 Å². The third-order valence-corrected chi connectivity index (χ3v) is 4.17. The number of amides is 1. The van der Waals surface area contributed by atoms with E-state index in [0.717, 1.165) is 17.3 Å². The molecule has 0 fully saturated rings. The van der Waals surface area contributed by atoms with Crippen molar-refractivity contribution in [1.82, 2.24) is 5.32 Å². The van der Waals surface area contributed by atoms with Crippen LogP contribution in [0.5, 0.6) is 0 Å². The second kappa shape index (κ2) is 6.32. The summed E-state index contributed by atoms with van der Waals surface area (Å²) in [4.78, 5) is 12.9. The summed E-state index contributed by atoms with van der Waals surface area (Å²) in [6.07, 6.45) is 1.69. The Balaban J connectivity index is 2.69. The fraction of sp³-hybridized carbons (Fsp3) is 0.400. The molecule has 1 unspecified atom stereocenters. The predicted octanol–water partition coefficient (Wildman–Crippen LogP) is 2.70. The Kier molecular flexibility index (Phi) is 5.37. The zero-order valence-electron chi connectivity index (χ0n) is 8.83. The molecule has 0 aliphatic carbocycles. The largest absolute Gasteiger partial charge is 0.392 e. The molecule has 16 heavy (non-hydrogen) atoms. The maximum absolute atomic E-state index is 11.9. The van der Waals surface area contributed by atoms with Gasteiger partial charge in [-0.05, 0) is 33.8 Å². The third kappa shape index (κ3) is 3.54. The molecule has 0 spiro atoms. The topological polar surface area (TPSA) is 55.1 Å². The van der Waals surface area contributed by atoms with Gasteiger partial charge < -0.3 is 11.1 Å². The number of thiocarbonyl (C=S) groups is 1. The SMILES string of the molecule is CCCC(NC(=O)c1sccc1Br)C(N)=S. The molecule has 1 amide bonds. The van der Waals surface area contributed by atoms with Gasteiger partial charge in [0.15, 0.2) is 0 Å². The van der Waals surface area contributed by atoms with E-state index in [-0.39, 0.29) is 11.9 Å². The van der Waals surface area contributed by atoms with Crippen LogP contribution in [-0.4, -0.2) is 16.9 Å². The van der Waals surface area contributed by atoms with Crippen LogP contribution in [0.4, 0.5) is 0 Å². The molecule has 1 rings (SSSR count). The molecule has 1 aromatic rings. The highest BCUT2D eigenvalue weighted by Crippen LogP contribution is 2.22. The summed E-state index contributed by atoms with van der Waals surface area (Å²) in [7, 11) is 0. The first-order chi connectivity index (χ1) is 7.56. The van der Waals surface area contributed by atoms with Gasteiger partial charge in [0, 0.05) is 4.47 Å². The molecule has 0 bridgehead atoms. The number of carbonyl (C=O) groups excluding carboxylic acids is 1. The second-order valence-corrected chi connectivity index (χ2v) is 5.56. The molecule has 6 heteroatoms. The standard InChI is InChI=1S/C10H13BrN2OS2/c1-2-3-7(9(12)15)13-10(14)8-6(11)4-5-16-8/h4-5,7H,2-3H2,1H3,(H2,12,15)(H,13,14). The van der Waals surface area contributed by atoms with Gasteiger partial charge in [-0.15, -0.1) is 11.3 Å². The lowest BCUT2D eigenvalue weighted by atomic mass is 10.1. The van der Waals surface area contributed by atoms with Crippen LogP contribution < -0.4 is 11.1 Å². The normalized spacial score (nSPS) is 12.1. The van der Waals surface area contributed by atoms with Gasteiger partial charge in [-0.2, -0.15) is 0 Å². The van der Waals surface area contributed by atoms with Crippen molar-refractivity contribution in [3.8, 4) is 0 Å². The zero-order chi connectivity index (χ0) is 12.1. The lowest BCUT2D eigenvalue weighted by molar-refractivity contribution is 0.0949. The highest BCUT2D eigenvalue weighted by molar-refractivity contribution is 9.10. The highest BCUT2D eigenvalue weighted by atomic mass is 79.9. The third-order valence-electron chi connectivity index (χ3n) is 2.05. The summed E-state index contributed by atoms with van der Waals surface area (Å²) < 4.78 is 0.799. The van der Waals surface area contributed by atoms with Crippen molar-refractivity contribution in [3.63, 3.8) is 0 Å². The monoisotopic (exact) mass is 320 g/mol. The molecule has 1 aromatic heterocycles. The maximum atomic E-state index is 11.9. The van der Waals surface area contributed by atoms with E-state index >= 15 is 0 Å². The lowest BCUT2D eigenvalue weighted by Crippen LogP contribution is -2.43. The minimum atomic E-state index is -0.221. The van der Waals surface area contributed by atoms with E-state index in [2.05, 4.69) is 21.2 Å². The van der Waals surface area contributed by atoms with Crippen LogP contribution in [0.15, 0.2) is 15.9 Å². The van der Waals surface area contributed by atoms with Gasteiger partial charge in [0.25, 0.3) is 5.91 Å². The van der Waals surface area contributed by atoms with Crippen LogP contribution in [0, 0.1) is 0 Å². The molecule has 0 aliphatic heterocycles. The quantitative estimate of drug-likeness (QED) is 0.820. The van der Waals surface area contributed by atoms with Crippen LogP contribution >= 0.6 is 39.5 Å². The Hall–Kier alpha value is -0.460. The van der Waals surface area contributed by atoms with E-state index in [9.17, 15) is 4.79 Å². The Morgan fingerprint density at radius 1 is 1.75 bits per heavy atom. The summed E-state index contributed by atoms with van der Waals surface area (Å²) >= 11 is 9.62. The van der Waals surface area contributed by atoms with Crippen molar-refractivity contribution >= 4 is 50.4 Å². The van der Waals surface area contributed by atoms with Gasteiger partial charge in [-0.25, -0.2) is 0 Å². The van der Waals surface area contributed by atoms with Crippen molar-refractivity contribution in [3.05, 3.63) is 20.8 Å². The Labute approximate surface area is 113 Å². The molecule has 0 radical (unpaired) electrons. The molecule has 1 atom stereocenters. The van der Waals surface area contributed by atoms with Crippen LogP contribution in [0.2, 0.25) is 0 Å². The fourth-order valence-electron chi connectivity index (χ4n) is 1.25. The summed E-state index contributed by atoms with van der Waals surface area (Å²) in [6.45, 7) is 2.03. The Morgan fingerprint density at radius 3 is 2.88 bits per heavy atom. The molecule has 0 aromatic carbocycles. The van der Waals surface area contributed by atoms with E-state index in [0.29, 0.717) is 9.87 Å². The molecule has 1 heterocycles. The first-order valence-electron chi connectivity index (χ1n) is 4.89. The van der Waals surface area contributed by atoms with Crippen LogP contribution in [0.3, 0.4) is 0 Å². The zero-order valence-corrected chi connectivity index (χ0v) is 12.0. The fourth-order valence-corrected chi connectivity index (χ4v) is 2.88. The average Bonchev–Trinajstić information content (AvgIpc) is 2.63. The van der Waals surface area contributed by atoms with Gasteiger partial charge in [-0.1, -0.05) is 25.6 Å². The maximum Gasteiger partial charge on any atom is 0.263 e. The molecule has 0 saturated carbocycles. The van der Waals surface area contributed by atoms with E-state index in [4.69, 9.17) is 18.0 Å². The first-order valence-corrected chi connectivity index (χ1v) is 6.97. The van der Waals surface area contributed by atoms with Gasteiger partial charge in [0.1, 0.15) is 4.88 Å². The van der Waals surface area contributed by atoms with E-state index in [1.807, 2.05) is 18.4 Å². The smallest absolute Gasteiger partial charge is 0.263 e. The van der Waals surface area contributed by atoms with E-state index in [1.54, 1.807) is 0 Å². The second-order valence-electron chi connectivity index (χ2n) is 3.31. The summed E-state index contributed by atoms with van der Waals surface area (Å²) in [5, 5.41) is 4.69. The number of carbonyl (C=O) groups is 1. The van der Waals surface area contributed by atoms with Crippen molar-refractivity contribution in [1.29, 1.82) is 0 Å². The summed E-state index contributed by atoms with van der Waals surface area (Å²) in [5.74, 6) is -0.131. The first kappa shape index (κ1) is 13.6. The summed E-state index contributed by atoms with van der Waals surface area (Å²) in [5.41, 5.74) is 5.57. The summed E-state index contributed by atoms with van der Waals surface area (Å²) in [6, 6.07) is 1.62. The van der Waals surface area contributed by atoms with Crippen molar-refractivity contribution in [2.24, 2.45) is 5.73 Å². The average molecular weight is 321 g/mol. The number of nitrogens with one attached hydrogen (secondary N) is 1.